The molecule has 0 radical (unpaired) electrons. The minimum Gasteiger partial charge on any atom is -0.334 e. The fourth-order valence-corrected chi connectivity index (χ4v) is 1.41. The van der Waals surface area contributed by atoms with Crippen molar-refractivity contribution in [3.63, 3.8) is 0 Å². The predicted octanol–water partition coefficient (Wildman–Crippen LogP) is 0.311. The Morgan fingerprint density at radius 1 is 1.47 bits per heavy atom. The number of H-pyrrole nitrogens is 1. The highest BCUT2D eigenvalue weighted by Gasteiger charge is 2.00. The van der Waals surface area contributed by atoms with Gasteiger partial charge in [-0.05, 0) is 6.92 Å². The number of aromatic amines is 1. The molecule has 80 valence electrons. The van der Waals surface area contributed by atoms with Crippen molar-refractivity contribution in [3.8, 4) is 0 Å². The third-order valence-corrected chi connectivity index (χ3v) is 2.20. The average Bonchev–Trinajstić information content (AvgIpc) is 2.88. The van der Waals surface area contributed by atoms with Crippen LogP contribution >= 0.6 is 0 Å². The Kier molecular flexibility index (Phi) is 3.08. The molecule has 2 aromatic heterocycles. The maximum Gasteiger partial charge on any atom is 0.138 e. The van der Waals surface area contributed by atoms with Gasteiger partial charge in [-0.25, -0.2) is 9.97 Å². The van der Waals surface area contributed by atoms with Crippen molar-refractivity contribution < 1.29 is 0 Å². The molecule has 2 rings (SSSR count). The first-order valence-corrected chi connectivity index (χ1v) is 4.94. The van der Waals surface area contributed by atoms with Gasteiger partial charge in [0, 0.05) is 19.3 Å². The number of nitrogens with zero attached hydrogens (tertiary/aromatic N) is 4. The van der Waals surface area contributed by atoms with E-state index in [1.165, 1.54) is 12.0 Å². The summed E-state index contributed by atoms with van der Waals surface area (Å²) in [7, 11) is 0. The minimum atomic E-state index is 0.689. The Balaban J connectivity index is 1.83. The Bertz CT molecular complexity index is 390. The fraction of sp³-hybridized carbons (Fsp3) is 0.444. The minimum absolute atomic E-state index is 0.689. The zero-order valence-corrected chi connectivity index (χ0v) is 8.64. The van der Waals surface area contributed by atoms with E-state index in [1.807, 2.05) is 12.5 Å². The molecule has 15 heavy (non-hydrogen) atoms. The van der Waals surface area contributed by atoms with Crippen LogP contribution in [0.3, 0.4) is 0 Å². The van der Waals surface area contributed by atoms with Gasteiger partial charge in [0.15, 0.2) is 0 Å². The van der Waals surface area contributed by atoms with Crippen LogP contribution in [0.1, 0.15) is 18.4 Å². The van der Waals surface area contributed by atoms with E-state index in [9.17, 15) is 0 Å². The van der Waals surface area contributed by atoms with Crippen molar-refractivity contribution in [2.45, 2.75) is 26.6 Å². The van der Waals surface area contributed by atoms with Crippen molar-refractivity contribution in [2.75, 3.05) is 0 Å². The van der Waals surface area contributed by atoms with E-state index in [0.29, 0.717) is 6.54 Å². The molecule has 6 heteroatoms. The summed E-state index contributed by atoms with van der Waals surface area (Å²) >= 11 is 0. The lowest BCUT2D eigenvalue weighted by atomic mass is 10.4. The van der Waals surface area contributed by atoms with Gasteiger partial charge in [-0.2, -0.15) is 5.10 Å². The van der Waals surface area contributed by atoms with Crippen molar-refractivity contribution in [3.05, 3.63) is 30.4 Å². The Hall–Kier alpha value is -1.69. The summed E-state index contributed by atoms with van der Waals surface area (Å²) in [6.07, 6.45) is 5.22. The van der Waals surface area contributed by atoms with Crippen LogP contribution in [0.5, 0.6) is 0 Å². The molecule has 0 saturated heterocycles. The van der Waals surface area contributed by atoms with E-state index in [2.05, 4.69) is 37.0 Å². The van der Waals surface area contributed by atoms with E-state index in [0.717, 1.165) is 18.9 Å². The standard InChI is InChI=1S/C9H14N6/c1-2-15-7-11-4-8(15)3-10-5-9-12-6-13-14-9/h4,6-7,10H,2-3,5H2,1H3,(H,12,13,14). The van der Waals surface area contributed by atoms with Crippen LogP contribution < -0.4 is 5.32 Å². The predicted molar refractivity (Wildman–Crippen MR) is 54.8 cm³/mol. The van der Waals surface area contributed by atoms with Gasteiger partial charge < -0.3 is 9.88 Å². The molecule has 0 amide bonds. The van der Waals surface area contributed by atoms with E-state index in [4.69, 9.17) is 0 Å². The van der Waals surface area contributed by atoms with Gasteiger partial charge >= 0.3 is 0 Å². The number of hydrogen-bond acceptors (Lipinski definition) is 4. The highest BCUT2D eigenvalue weighted by atomic mass is 15.2. The molecule has 0 spiro atoms. The van der Waals surface area contributed by atoms with Crippen molar-refractivity contribution >= 4 is 0 Å². The molecule has 0 aliphatic heterocycles. The number of imidazole rings is 1. The summed E-state index contributed by atoms with van der Waals surface area (Å²) in [4.78, 5) is 8.12. The monoisotopic (exact) mass is 206 g/mol. The van der Waals surface area contributed by atoms with Crippen molar-refractivity contribution in [1.82, 2.24) is 30.0 Å². The third-order valence-electron chi connectivity index (χ3n) is 2.20. The maximum atomic E-state index is 4.10. The Morgan fingerprint density at radius 2 is 2.40 bits per heavy atom. The number of rotatable bonds is 5. The van der Waals surface area contributed by atoms with Crippen molar-refractivity contribution in [2.24, 2.45) is 0 Å². The molecule has 2 aromatic rings. The molecule has 0 bridgehead atoms. The molecule has 0 aliphatic carbocycles. The van der Waals surface area contributed by atoms with Gasteiger partial charge in [-0.15, -0.1) is 0 Å². The third kappa shape index (κ3) is 2.41. The second-order valence-corrected chi connectivity index (χ2v) is 3.21. The van der Waals surface area contributed by atoms with E-state index in [-0.39, 0.29) is 0 Å². The molecule has 2 N–H and O–H groups in total. The summed E-state index contributed by atoms with van der Waals surface area (Å²) in [5, 5.41) is 9.85. The molecule has 0 atom stereocenters. The molecule has 0 aliphatic rings. The molecule has 0 saturated carbocycles. The number of aryl methyl sites for hydroxylation is 1. The van der Waals surface area contributed by atoms with Crippen LogP contribution in [0.2, 0.25) is 0 Å². The van der Waals surface area contributed by atoms with Gasteiger partial charge in [0.25, 0.3) is 0 Å². The van der Waals surface area contributed by atoms with Gasteiger partial charge in [-0.3, -0.25) is 5.10 Å². The summed E-state index contributed by atoms with van der Waals surface area (Å²) in [5.74, 6) is 0.845. The SMILES string of the molecule is CCn1cncc1CNCc1ncn[nH]1. The van der Waals surface area contributed by atoms with Crippen LogP contribution in [0, 0.1) is 0 Å². The van der Waals surface area contributed by atoms with E-state index in [1.54, 1.807) is 0 Å². The van der Waals surface area contributed by atoms with Crippen LogP contribution in [0.4, 0.5) is 0 Å². The van der Waals surface area contributed by atoms with E-state index >= 15 is 0 Å². The zero-order valence-electron chi connectivity index (χ0n) is 8.64. The summed E-state index contributed by atoms with van der Waals surface area (Å²) in [6, 6.07) is 0. The van der Waals surface area contributed by atoms with Gasteiger partial charge in [0.05, 0.1) is 18.6 Å². The number of aromatic nitrogens is 5. The van der Waals surface area contributed by atoms with Crippen LogP contribution in [0.25, 0.3) is 0 Å². The molecular weight excluding hydrogens is 192 g/mol. The highest BCUT2D eigenvalue weighted by Crippen LogP contribution is 1.98. The second-order valence-electron chi connectivity index (χ2n) is 3.21. The number of hydrogen-bond donors (Lipinski definition) is 2. The summed E-state index contributed by atoms with van der Waals surface area (Å²) in [6.45, 7) is 4.52. The molecular formula is C9H14N6. The Morgan fingerprint density at radius 3 is 3.13 bits per heavy atom. The maximum absolute atomic E-state index is 4.10. The van der Waals surface area contributed by atoms with Crippen LogP contribution in [0.15, 0.2) is 18.9 Å². The molecule has 0 aromatic carbocycles. The quantitative estimate of drug-likeness (QED) is 0.738. The van der Waals surface area contributed by atoms with Gasteiger partial charge in [-0.1, -0.05) is 0 Å². The molecule has 6 nitrogen and oxygen atoms in total. The van der Waals surface area contributed by atoms with Crippen molar-refractivity contribution in [1.29, 1.82) is 0 Å². The van der Waals surface area contributed by atoms with E-state index < -0.39 is 0 Å². The summed E-state index contributed by atoms with van der Waals surface area (Å²) < 4.78 is 2.10. The fourth-order valence-electron chi connectivity index (χ4n) is 1.41. The molecule has 0 unspecified atom stereocenters. The smallest absolute Gasteiger partial charge is 0.138 e. The van der Waals surface area contributed by atoms with Crippen LogP contribution in [-0.2, 0) is 19.6 Å². The van der Waals surface area contributed by atoms with Gasteiger partial charge in [0.2, 0.25) is 0 Å². The first-order chi connectivity index (χ1) is 7.40. The van der Waals surface area contributed by atoms with Gasteiger partial charge in [0.1, 0.15) is 12.2 Å². The summed E-state index contributed by atoms with van der Waals surface area (Å²) in [5.41, 5.74) is 1.18. The highest BCUT2D eigenvalue weighted by molar-refractivity contribution is 4.97. The zero-order chi connectivity index (χ0) is 10.5. The molecule has 2 heterocycles. The second kappa shape index (κ2) is 4.70. The average molecular weight is 206 g/mol. The first kappa shape index (κ1) is 9.85. The number of nitrogens with one attached hydrogen (secondary N) is 2. The largest absolute Gasteiger partial charge is 0.334 e. The first-order valence-electron chi connectivity index (χ1n) is 4.94. The lowest BCUT2D eigenvalue weighted by molar-refractivity contribution is 0.614. The normalized spacial score (nSPS) is 10.7. The molecule has 0 fully saturated rings. The topological polar surface area (TPSA) is 71.4 Å². The lowest BCUT2D eigenvalue weighted by Crippen LogP contribution is -2.16. The lowest BCUT2D eigenvalue weighted by Gasteiger charge is -2.05. The van der Waals surface area contributed by atoms with Crippen LogP contribution in [-0.4, -0.2) is 24.7 Å². The Labute approximate surface area is 87.8 Å².